The quantitative estimate of drug-likeness (QED) is 0.0416. The van der Waals surface area contributed by atoms with E-state index in [1.165, 1.54) is 64.3 Å². The molecular weight excluding hydrogens is 1000 g/mol. The highest BCUT2D eigenvalue weighted by atomic mass is 31.2. The summed E-state index contributed by atoms with van der Waals surface area (Å²) in [6.45, 7) is 7.71. The van der Waals surface area contributed by atoms with Crippen LogP contribution >= 0.6 is 7.60 Å². The van der Waals surface area contributed by atoms with Crippen LogP contribution in [0.5, 0.6) is 0 Å². The smallest absolute Gasteiger partial charge is 0.410 e. The second kappa shape index (κ2) is 23.7. The van der Waals surface area contributed by atoms with Crippen LogP contribution in [0, 0.1) is 10.8 Å². The van der Waals surface area contributed by atoms with Gasteiger partial charge in [-0.2, -0.15) is 8.78 Å². The van der Waals surface area contributed by atoms with Crippen molar-refractivity contribution in [3.63, 3.8) is 0 Å². The fourth-order valence-corrected chi connectivity index (χ4v) is 9.75. The van der Waals surface area contributed by atoms with Crippen molar-refractivity contribution in [3.8, 4) is 0 Å². The second-order valence-corrected chi connectivity index (χ2v) is 22.6. The predicted molar refractivity (Wildman–Crippen MR) is 268 cm³/mol. The highest BCUT2D eigenvalue weighted by Gasteiger charge is 2.56. The topological polar surface area (TPSA) is 275 Å². The van der Waals surface area contributed by atoms with Crippen molar-refractivity contribution >= 4 is 65.9 Å². The maximum atomic E-state index is 16.5. The van der Waals surface area contributed by atoms with Gasteiger partial charge in [-0.1, -0.05) is 66.7 Å². The molecule has 2 aliphatic heterocycles. The number of nitrogens with zero attached hydrogens (tertiary/aromatic N) is 2. The molecule has 23 heteroatoms. The third-order valence-electron chi connectivity index (χ3n) is 12.7. The van der Waals surface area contributed by atoms with Gasteiger partial charge in [0.2, 0.25) is 43.1 Å². The molecule has 0 unspecified atom stereocenters. The lowest BCUT2D eigenvalue weighted by atomic mass is 9.98. The number of amides is 6. The van der Waals surface area contributed by atoms with E-state index in [9.17, 15) is 42.9 Å². The molecule has 2 fully saturated rings. The van der Waals surface area contributed by atoms with Crippen LogP contribution in [0.3, 0.4) is 0 Å². The first-order valence-corrected chi connectivity index (χ1v) is 25.9. The number of carbonyl (C=O) groups excluding carboxylic acids is 8. The molecule has 0 aliphatic carbocycles. The van der Waals surface area contributed by atoms with Crippen LogP contribution in [0.15, 0.2) is 84.9 Å². The van der Waals surface area contributed by atoms with Crippen molar-refractivity contribution in [2.45, 2.75) is 116 Å². The fraction of sp³-hybridized carbons (Fsp3) is 0.462. The lowest BCUT2D eigenvalue weighted by molar-refractivity contribution is -0.163. The van der Waals surface area contributed by atoms with E-state index in [1.54, 1.807) is 0 Å². The standard InChI is InChI=1S/C52H64F2N7O13P/c1-31(62)60-25-24-36-19-22-41(46(66)57-38(21-23-42(55)63)44(64)59-43(32-14-10-8-11-15-32)33-16-12-9-13-17-33)61(36)47(67)40(28-60)58-45(65)39-27-34-26-35(18-20-37(34)56-39)52(53,54)75(70,73-29-71-48(68)50(2,3)4)74-30-72-49(69)51(5,6)7/h8-18,20,26-27,36,38,40-41,43,56H,19,21-25,28-30H2,1-7H3,(H2,55,63)(H,57,66)(H,58,65)(H,59,64)/t36-,38+,40+,41+/m1/s1. The number of benzene rings is 3. The number of alkyl halides is 2. The van der Waals surface area contributed by atoms with E-state index >= 15 is 8.78 Å². The molecule has 6 rings (SSSR count). The number of esters is 2. The SMILES string of the molecule is CC(=O)N1CC[C@H]2CC[C@@H](C(=O)N[C@@H](CCC(N)=O)C(=O)NC(c3ccccc3)c3ccccc3)N2C(=O)[C@@H](NC(=O)c2cc3cc(C(F)(F)P(=O)(OCOC(=O)C(C)(C)C)OCOC(=O)C(C)(C)C)ccc3[nH]2)C1. The summed E-state index contributed by atoms with van der Waals surface area (Å²) in [4.78, 5) is 112. The minimum absolute atomic E-state index is 0.00155. The zero-order chi connectivity index (χ0) is 55.0. The van der Waals surface area contributed by atoms with E-state index in [1.807, 2.05) is 60.7 Å². The minimum atomic E-state index is -5.69. The molecule has 2 saturated heterocycles. The van der Waals surface area contributed by atoms with Crippen LogP contribution in [0.4, 0.5) is 8.78 Å². The summed E-state index contributed by atoms with van der Waals surface area (Å²) in [7, 11) is -5.69. The van der Waals surface area contributed by atoms with Crippen molar-refractivity contribution in [1.82, 2.24) is 30.7 Å². The van der Waals surface area contributed by atoms with E-state index in [-0.39, 0.29) is 54.9 Å². The normalized spacial score (nSPS) is 17.8. The summed E-state index contributed by atoms with van der Waals surface area (Å²) in [5.74, 6) is -5.73. The molecule has 0 radical (unpaired) electrons. The molecule has 20 nitrogen and oxygen atoms in total. The van der Waals surface area contributed by atoms with Gasteiger partial charge in [-0.05, 0) is 96.6 Å². The molecule has 404 valence electrons. The maximum Gasteiger partial charge on any atom is 0.410 e. The lowest BCUT2D eigenvalue weighted by Crippen LogP contribution is -2.62. The summed E-state index contributed by atoms with van der Waals surface area (Å²) < 4.78 is 66.7. The molecular formula is C52H64F2N7O13P. The third-order valence-corrected chi connectivity index (χ3v) is 14.6. The zero-order valence-electron chi connectivity index (χ0n) is 42.8. The number of aromatic amines is 1. The van der Waals surface area contributed by atoms with E-state index < -0.39 is 115 Å². The van der Waals surface area contributed by atoms with Gasteiger partial charge in [0.15, 0.2) is 0 Å². The number of carbonyl (C=O) groups is 8. The van der Waals surface area contributed by atoms with Crippen molar-refractivity contribution in [1.29, 1.82) is 0 Å². The van der Waals surface area contributed by atoms with Gasteiger partial charge in [-0.3, -0.25) is 52.0 Å². The number of hydrogen-bond acceptors (Lipinski definition) is 13. The van der Waals surface area contributed by atoms with Gasteiger partial charge in [0.25, 0.3) is 5.91 Å². The summed E-state index contributed by atoms with van der Waals surface area (Å²) in [6.07, 6.45) is 0.373. The van der Waals surface area contributed by atoms with Gasteiger partial charge >= 0.3 is 25.2 Å². The Hall–Kier alpha value is -7.03. The molecule has 6 amide bonds. The molecule has 3 heterocycles. The number of nitrogens with one attached hydrogen (secondary N) is 4. The van der Waals surface area contributed by atoms with Crippen LogP contribution in [-0.4, -0.2) is 113 Å². The van der Waals surface area contributed by atoms with Crippen molar-refractivity contribution in [2.75, 3.05) is 26.7 Å². The van der Waals surface area contributed by atoms with E-state index in [0.29, 0.717) is 12.8 Å². The maximum absolute atomic E-state index is 16.5. The number of H-pyrrole nitrogens is 1. The van der Waals surface area contributed by atoms with Crippen LogP contribution in [0.2, 0.25) is 0 Å². The van der Waals surface area contributed by atoms with Crippen LogP contribution < -0.4 is 21.7 Å². The number of aromatic nitrogens is 1. The zero-order valence-corrected chi connectivity index (χ0v) is 43.7. The predicted octanol–water partition coefficient (Wildman–Crippen LogP) is 5.90. The Labute approximate surface area is 432 Å². The second-order valence-electron chi connectivity index (χ2n) is 20.5. The Bertz CT molecular complexity index is 2740. The molecule has 0 bridgehead atoms. The number of fused-ring (bicyclic) bond motifs is 2. The van der Waals surface area contributed by atoms with Crippen molar-refractivity contribution < 1.29 is 70.2 Å². The Morgan fingerprint density at radius 1 is 0.800 bits per heavy atom. The summed E-state index contributed by atoms with van der Waals surface area (Å²) in [5.41, 5.74) is -0.622. The van der Waals surface area contributed by atoms with Gasteiger partial charge in [0.05, 0.1) is 16.9 Å². The molecule has 75 heavy (non-hydrogen) atoms. The number of nitrogens with two attached hydrogens (primary N) is 1. The molecule has 0 spiro atoms. The minimum Gasteiger partial charge on any atom is -0.438 e. The number of primary amides is 1. The molecule has 1 aromatic heterocycles. The van der Waals surface area contributed by atoms with E-state index in [2.05, 4.69) is 20.9 Å². The number of rotatable bonds is 19. The van der Waals surface area contributed by atoms with Crippen LogP contribution in [0.25, 0.3) is 10.9 Å². The first-order valence-electron chi connectivity index (χ1n) is 24.3. The highest BCUT2D eigenvalue weighted by molar-refractivity contribution is 7.54. The molecule has 0 saturated carbocycles. The monoisotopic (exact) mass is 1060 g/mol. The first kappa shape index (κ1) is 57.3. The largest absolute Gasteiger partial charge is 0.438 e. The van der Waals surface area contributed by atoms with Crippen LogP contribution in [0.1, 0.15) is 114 Å². The van der Waals surface area contributed by atoms with Crippen LogP contribution in [-0.2, 0) is 62.3 Å². The molecule has 4 atom stereocenters. The molecule has 3 aromatic carbocycles. The average Bonchev–Trinajstić information content (AvgIpc) is 3.99. The highest BCUT2D eigenvalue weighted by Crippen LogP contribution is 2.67. The summed E-state index contributed by atoms with van der Waals surface area (Å²) in [5, 5.41) is 8.42. The van der Waals surface area contributed by atoms with Crippen molar-refractivity contribution in [3.05, 3.63) is 107 Å². The van der Waals surface area contributed by atoms with Gasteiger partial charge in [0, 0.05) is 48.9 Å². The first-order chi connectivity index (χ1) is 35.2. The Morgan fingerprint density at radius 3 is 1.91 bits per heavy atom. The Kier molecular flexibility index (Phi) is 18.1. The van der Waals surface area contributed by atoms with Gasteiger partial charge < -0.3 is 45.9 Å². The number of hydrogen-bond donors (Lipinski definition) is 5. The van der Waals surface area contributed by atoms with E-state index in [0.717, 1.165) is 29.3 Å². The third kappa shape index (κ3) is 14.0. The summed E-state index contributed by atoms with van der Waals surface area (Å²) >= 11 is 0. The Balaban J connectivity index is 1.22. The van der Waals surface area contributed by atoms with Gasteiger partial charge in [-0.25, -0.2) is 0 Å². The number of ether oxygens (including phenoxy) is 2. The average molecular weight is 1060 g/mol. The van der Waals surface area contributed by atoms with Crippen molar-refractivity contribution in [2.24, 2.45) is 16.6 Å². The van der Waals surface area contributed by atoms with E-state index in [4.69, 9.17) is 24.3 Å². The number of halogens is 2. The van der Waals surface area contributed by atoms with Gasteiger partial charge in [0.1, 0.15) is 23.8 Å². The summed E-state index contributed by atoms with van der Waals surface area (Å²) in [6, 6.07) is 17.4. The lowest BCUT2D eigenvalue weighted by Gasteiger charge is -2.38. The fourth-order valence-electron chi connectivity index (χ4n) is 8.51. The molecule has 2 aliphatic rings. The molecule has 6 N–H and O–H groups in total. The van der Waals surface area contributed by atoms with Gasteiger partial charge in [-0.15, -0.1) is 0 Å². The molecule has 4 aromatic rings. The Morgan fingerprint density at radius 2 is 1.37 bits per heavy atom.